The molecule has 5 heteroatoms. The van der Waals surface area contributed by atoms with Crippen molar-refractivity contribution in [1.82, 2.24) is 15.2 Å². The Hall–Kier alpha value is -2.92. The molecule has 2 aromatic carbocycles. The molecule has 1 aromatic heterocycles. The predicted molar refractivity (Wildman–Crippen MR) is 113 cm³/mol. The maximum atomic E-state index is 13.4. The Labute approximate surface area is 163 Å². The summed E-state index contributed by atoms with van der Waals surface area (Å²) in [5.41, 5.74) is 4.40. The number of Topliss-reactive ketones (excluding diaryl/α,β-unsaturated/α-hetero) is 1. The zero-order valence-corrected chi connectivity index (χ0v) is 16.1. The first kappa shape index (κ1) is 17.5. The molecule has 0 spiro atoms. The summed E-state index contributed by atoms with van der Waals surface area (Å²) in [6, 6.07) is 17.2. The van der Waals surface area contributed by atoms with Crippen molar-refractivity contribution in [2.75, 3.05) is 6.54 Å². The number of nitrogens with zero attached hydrogens (tertiary/aromatic N) is 1. The highest BCUT2D eigenvalue weighted by Crippen LogP contribution is 2.36. The molecule has 0 fully saturated rings. The topological polar surface area (TPSA) is 48.1 Å². The van der Waals surface area contributed by atoms with Crippen LogP contribution >= 0.6 is 12.2 Å². The average Bonchev–Trinajstić information content (AvgIpc) is 3.12. The third-order valence-corrected chi connectivity index (χ3v) is 5.46. The normalized spacial score (nSPS) is 17.3. The Balaban J connectivity index is 1.90. The molecule has 1 unspecified atom stereocenters. The lowest BCUT2D eigenvalue weighted by molar-refractivity contribution is 0.102. The number of hydrogen-bond acceptors (Lipinski definition) is 2. The van der Waals surface area contributed by atoms with Crippen LogP contribution in [0.1, 0.15) is 35.8 Å². The second-order valence-electron chi connectivity index (χ2n) is 6.61. The number of benzene rings is 2. The van der Waals surface area contributed by atoms with Crippen LogP contribution in [-0.2, 0) is 0 Å². The molecule has 136 valence electrons. The highest BCUT2D eigenvalue weighted by atomic mass is 32.1. The maximum absolute atomic E-state index is 13.4. The minimum atomic E-state index is -0.288. The number of carbonyl (C=O) groups excluding carboxylic acids is 1. The molecular formula is C22H21N3OS. The van der Waals surface area contributed by atoms with E-state index in [2.05, 4.69) is 16.4 Å². The molecule has 1 aliphatic rings. The van der Waals surface area contributed by atoms with Crippen LogP contribution in [0.15, 0.2) is 72.1 Å². The molecule has 0 amide bonds. The van der Waals surface area contributed by atoms with E-state index < -0.39 is 0 Å². The zero-order valence-electron chi connectivity index (χ0n) is 15.3. The summed E-state index contributed by atoms with van der Waals surface area (Å²) in [5, 5.41) is 5.14. The quantitative estimate of drug-likeness (QED) is 0.518. The van der Waals surface area contributed by atoms with Gasteiger partial charge in [0.1, 0.15) is 0 Å². The molecule has 27 heavy (non-hydrogen) atoms. The van der Waals surface area contributed by atoms with Crippen molar-refractivity contribution in [1.29, 1.82) is 0 Å². The number of hydrogen-bond donors (Lipinski definition) is 2. The Kier molecular flexibility index (Phi) is 4.54. The van der Waals surface area contributed by atoms with Crippen LogP contribution in [0.3, 0.4) is 0 Å². The third-order valence-electron chi connectivity index (χ3n) is 5.13. The maximum Gasteiger partial charge on any atom is 0.193 e. The van der Waals surface area contributed by atoms with E-state index in [4.69, 9.17) is 12.2 Å². The lowest BCUT2D eigenvalue weighted by atomic mass is 9.89. The van der Waals surface area contributed by atoms with Gasteiger partial charge >= 0.3 is 0 Å². The van der Waals surface area contributed by atoms with Gasteiger partial charge in [-0.3, -0.25) is 4.79 Å². The number of para-hydroxylation sites is 1. The van der Waals surface area contributed by atoms with Crippen molar-refractivity contribution in [3.8, 4) is 0 Å². The Bertz CT molecular complexity index is 1050. The van der Waals surface area contributed by atoms with Gasteiger partial charge in [-0.1, -0.05) is 48.5 Å². The summed E-state index contributed by atoms with van der Waals surface area (Å²) in [6.07, 6.45) is 1.97. The number of aromatic amines is 1. The number of H-pyrrole nitrogens is 1. The second-order valence-corrected chi connectivity index (χ2v) is 7.00. The lowest BCUT2D eigenvalue weighted by Gasteiger charge is -2.37. The van der Waals surface area contributed by atoms with Gasteiger partial charge in [0.05, 0.1) is 6.04 Å². The molecule has 4 rings (SSSR count). The zero-order chi connectivity index (χ0) is 19.0. The number of thiocarbonyl (C=S) groups is 1. The monoisotopic (exact) mass is 375 g/mol. The molecular weight excluding hydrogens is 354 g/mol. The molecule has 2 N–H and O–H groups in total. The van der Waals surface area contributed by atoms with Crippen LogP contribution in [0.4, 0.5) is 0 Å². The van der Waals surface area contributed by atoms with Gasteiger partial charge in [0.2, 0.25) is 0 Å². The van der Waals surface area contributed by atoms with Gasteiger partial charge in [0.15, 0.2) is 10.9 Å². The molecule has 0 aliphatic carbocycles. The fourth-order valence-corrected chi connectivity index (χ4v) is 4.15. The van der Waals surface area contributed by atoms with Gasteiger partial charge < -0.3 is 15.2 Å². The van der Waals surface area contributed by atoms with Gasteiger partial charge in [-0.15, -0.1) is 0 Å². The summed E-state index contributed by atoms with van der Waals surface area (Å²) >= 11 is 5.59. The first-order chi connectivity index (χ1) is 13.1. The first-order valence-corrected chi connectivity index (χ1v) is 9.47. The predicted octanol–water partition coefficient (Wildman–Crippen LogP) is 4.58. The summed E-state index contributed by atoms with van der Waals surface area (Å²) in [5.74, 6) is 0.0248. The highest BCUT2D eigenvalue weighted by Gasteiger charge is 2.34. The van der Waals surface area contributed by atoms with Crippen molar-refractivity contribution < 1.29 is 4.79 Å². The van der Waals surface area contributed by atoms with E-state index >= 15 is 0 Å². The molecule has 1 aliphatic heterocycles. The van der Waals surface area contributed by atoms with Crippen LogP contribution in [0.2, 0.25) is 0 Å². The van der Waals surface area contributed by atoms with Gasteiger partial charge in [0, 0.05) is 46.0 Å². The van der Waals surface area contributed by atoms with Crippen LogP contribution in [0.5, 0.6) is 0 Å². The second kappa shape index (κ2) is 7.00. The van der Waals surface area contributed by atoms with Crippen LogP contribution in [0.25, 0.3) is 10.9 Å². The largest absolute Gasteiger partial charge is 0.361 e. The van der Waals surface area contributed by atoms with E-state index in [0.29, 0.717) is 17.2 Å². The fourth-order valence-electron chi connectivity index (χ4n) is 3.77. The summed E-state index contributed by atoms with van der Waals surface area (Å²) in [7, 11) is 0. The van der Waals surface area contributed by atoms with Crippen molar-refractivity contribution in [3.63, 3.8) is 0 Å². The molecule has 2 heterocycles. The van der Waals surface area contributed by atoms with Crippen molar-refractivity contribution in [2.24, 2.45) is 0 Å². The van der Waals surface area contributed by atoms with Crippen LogP contribution < -0.4 is 5.32 Å². The van der Waals surface area contributed by atoms with E-state index in [9.17, 15) is 4.79 Å². The summed E-state index contributed by atoms with van der Waals surface area (Å²) in [6.45, 7) is 4.73. The van der Waals surface area contributed by atoms with Crippen LogP contribution in [0, 0.1) is 0 Å². The van der Waals surface area contributed by atoms with Gasteiger partial charge in [-0.2, -0.15) is 0 Å². The van der Waals surface area contributed by atoms with E-state index in [1.807, 2.05) is 73.5 Å². The molecule has 0 saturated carbocycles. The Morgan fingerprint density at radius 1 is 1.11 bits per heavy atom. The van der Waals surface area contributed by atoms with Crippen molar-refractivity contribution >= 4 is 34.0 Å². The fraction of sp³-hybridized carbons (Fsp3) is 0.182. The molecule has 0 saturated heterocycles. The van der Waals surface area contributed by atoms with E-state index in [1.165, 1.54) is 0 Å². The van der Waals surface area contributed by atoms with Gasteiger partial charge in [-0.05, 0) is 32.1 Å². The average molecular weight is 375 g/mol. The summed E-state index contributed by atoms with van der Waals surface area (Å²) < 4.78 is 0. The van der Waals surface area contributed by atoms with Gasteiger partial charge in [-0.25, -0.2) is 0 Å². The number of nitrogens with one attached hydrogen (secondary N) is 2. The molecule has 0 radical (unpaired) electrons. The van der Waals surface area contributed by atoms with E-state index in [1.54, 1.807) is 0 Å². The standard InChI is InChI=1S/C22H21N3OS/c1-3-25-14(2)19(21(26)15-9-5-4-6-10-15)20(24-22(25)27)17-13-23-18-12-8-7-11-16(17)18/h4-13,20,23H,3H2,1-2H3,(H,24,27). The minimum Gasteiger partial charge on any atom is -0.361 e. The number of fused-ring (bicyclic) bond motifs is 1. The first-order valence-electron chi connectivity index (χ1n) is 9.06. The number of allylic oxidation sites excluding steroid dienone is 1. The lowest BCUT2D eigenvalue weighted by Crippen LogP contribution is -2.47. The SMILES string of the molecule is CCN1C(=S)NC(c2c[nH]c3ccccc23)C(C(=O)c2ccccc2)=C1C. The molecule has 3 aromatic rings. The van der Waals surface area contributed by atoms with E-state index in [0.717, 1.165) is 27.7 Å². The Morgan fingerprint density at radius 2 is 1.81 bits per heavy atom. The number of ketones is 1. The van der Waals surface area contributed by atoms with Crippen molar-refractivity contribution in [3.05, 3.63) is 83.2 Å². The van der Waals surface area contributed by atoms with Crippen molar-refractivity contribution in [2.45, 2.75) is 19.9 Å². The minimum absolute atomic E-state index is 0.0248. The van der Waals surface area contributed by atoms with Gasteiger partial charge in [0.25, 0.3) is 0 Å². The number of carbonyl (C=O) groups is 1. The summed E-state index contributed by atoms with van der Waals surface area (Å²) in [4.78, 5) is 18.7. The number of rotatable bonds is 4. The smallest absolute Gasteiger partial charge is 0.193 e. The van der Waals surface area contributed by atoms with E-state index in [-0.39, 0.29) is 11.8 Å². The molecule has 1 atom stereocenters. The molecule has 4 nitrogen and oxygen atoms in total. The highest BCUT2D eigenvalue weighted by molar-refractivity contribution is 7.80. The number of aromatic nitrogens is 1. The molecule has 0 bridgehead atoms. The van der Waals surface area contributed by atoms with Crippen LogP contribution in [-0.4, -0.2) is 27.3 Å². The third kappa shape index (κ3) is 2.94. The Morgan fingerprint density at radius 3 is 2.56 bits per heavy atom.